The lowest BCUT2D eigenvalue weighted by Gasteiger charge is -2.05. The first-order valence-corrected chi connectivity index (χ1v) is 3.77. The van der Waals surface area contributed by atoms with E-state index in [1.807, 2.05) is 6.08 Å². The molecule has 0 bridgehead atoms. The van der Waals surface area contributed by atoms with Crippen LogP contribution in [0, 0.1) is 0 Å². The fraction of sp³-hybridized carbons (Fsp3) is 0.625. The van der Waals surface area contributed by atoms with Crippen LogP contribution in [0.3, 0.4) is 0 Å². The zero-order valence-corrected chi connectivity index (χ0v) is 6.37. The van der Waals surface area contributed by atoms with Crippen molar-refractivity contribution in [2.45, 2.75) is 25.0 Å². The van der Waals surface area contributed by atoms with Gasteiger partial charge in [-0.1, -0.05) is 6.08 Å². The molecule has 0 aromatic heterocycles. The number of fused-ring (bicyclic) bond motifs is 1. The quantitative estimate of drug-likeness (QED) is 0.411. The molecule has 1 aliphatic carbocycles. The van der Waals surface area contributed by atoms with Crippen LogP contribution in [-0.4, -0.2) is 25.3 Å². The van der Waals surface area contributed by atoms with E-state index < -0.39 is 0 Å². The van der Waals surface area contributed by atoms with Gasteiger partial charge in [-0.05, 0) is 12.8 Å². The van der Waals surface area contributed by atoms with Crippen LogP contribution >= 0.6 is 0 Å². The molecule has 0 aromatic rings. The number of hydrogen-bond acceptors (Lipinski definition) is 3. The van der Waals surface area contributed by atoms with Gasteiger partial charge in [0.2, 0.25) is 0 Å². The number of allylic oxidation sites excluding steroid dienone is 1. The van der Waals surface area contributed by atoms with Gasteiger partial charge in [0, 0.05) is 0 Å². The van der Waals surface area contributed by atoms with E-state index in [1.54, 1.807) is 0 Å². The Kier molecular flexibility index (Phi) is 1.46. The van der Waals surface area contributed by atoms with Crippen LogP contribution in [0.1, 0.15) is 12.8 Å². The van der Waals surface area contributed by atoms with Crippen molar-refractivity contribution >= 4 is 5.97 Å². The first-order valence-electron chi connectivity index (χ1n) is 3.77. The molecule has 2 rings (SSSR count). The Labute approximate surface area is 65.0 Å². The normalized spacial score (nSPS) is 33.7. The second-order valence-corrected chi connectivity index (χ2v) is 2.82. The van der Waals surface area contributed by atoms with Crippen molar-refractivity contribution < 1.29 is 14.3 Å². The fourth-order valence-corrected chi connectivity index (χ4v) is 1.47. The van der Waals surface area contributed by atoms with E-state index in [0.29, 0.717) is 11.7 Å². The second kappa shape index (κ2) is 2.34. The van der Waals surface area contributed by atoms with Crippen LogP contribution in [0.25, 0.3) is 0 Å². The minimum absolute atomic E-state index is 0.0520. The molecule has 2 unspecified atom stereocenters. The maximum Gasteiger partial charge on any atom is 0.336 e. The lowest BCUT2D eigenvalue weighted by Crippen LogP contribution is -2.14. The lowest BCUT2D eigenvalue weighted by molar-refractivity contribution is -0.136. The summed E-state index contributed by atoms with van der Waals surface area (Å²) in [7, 11) is 1.40. The SMILES string of the molecule is COC(=O)C1=CCCC2OC12. The van der Waals surface area contributed by atoms with E-state index in [-0.39, 0.29) is 12.1 Å². The third-order valence-electron chi connectivity index (χ3n) is 2.13. The highest BCUT2D eigenvalue weighted by atomic mass is 16.6. The number of ether oxygens (including phenoxy) is 2. The molecule has 3 heteroatoms. The van der Waals surface area contributed by atoms with E-state index in [0.717, 1.165) is 12.8 Å². The maximum absolute atomic E-state index is 11.0. The van der Waals surface area contributed by atoms with Gasteiger partial charge in [0.25, 0.3) is 0 Å². The average Bonchev–Trinajstić information content (AvgIpc) is 2.80. The Morgan fingerprint density at radius 3 is 3.36 bits per heavy atom. The molecule has 1 fully saturated rings. The molecule has 0 amide bonds. The Balaban J connectivity index is 2.12. The third kappa shape index (κ3) is 1.05. The zero-order valence-electron chi connectivity index (χ0n) is 6.37. The number of esters is 1. The van der Waals surface area contributed by atoms with Crippen molar-refractivity contribution in [3.8, 4) is 0 Å². The van der Waals surface area contributed by atoms with E-state index in [9.17, 15) is 4.79 Å². The molecule has 60 valence electrons. The number of carbonyl (C=O) groups is 1. The molecule has 2 atom stereocenters. The fourth-order valence-electron chi connectivity index (χ4n) is 1.47. The van der Waals surface area contributed by atoms with Crippen molar-refractivity contribution in [3.63, 3.8) is 0 Å². The van der Waals surface area contributed by atoms with Crippen LogP contribution in [0.2, 0.25) is 0 Å². The van der Waals surface area contributed by atoms with Crippen LogP contribution in [0.5, 0.6) is 0 Å². The molecular weight excluding hydrogens is 144 g/mol. The molecule has 0 aromatic carbocycles. The molecule has 1 saturated heterocycles. The molecule has 0 spiro atoms. The Hall–Kier alpha value is -0.830. The number of carbonyl (C=O) groups excluding carboxylic acids is 1. The molecular formula is C8H10O3. The summed E-state index contributed by atoms with van der Waals surface area (Å²) in [6.45, 7) is 0. The van der Waals surface area contributed by atoms with Crippen LogP contribution in [-0.2, 0) is 14.3 Å². The highest BCUT2D eigenvalue weighted by Gasteiger charge is 2.46. The molecule has 11 heavy (non-hydrogen) atoms. The highest BCUT2D eigenvalue weighted by molar-refractivity contribution is 5.90. The highest BCUT2D eigenvalue weighted by Crippen LogP contribution is 2.37. The van der Waals surface area contributed by atoms with Crippen molar-refractivity contribution in [2.75, 3.05) is 7.11 Å². The van der Waals surface area contributed by atoms with Gasteiger partial charge in [-0.2, -0.15) is 0 Å². The summed E-state index contributed by atoms with van der Waals surface area (Å²) >= 11 is 0. The van der Waals surface area contributed by atoms with Crippen LogP contribution < -0.4 is 0 Å². The summed E-state index contributed by atoms with van der Waals surface area (Å²) in [4.78, 5) is 11.0. The third-order valence-corrected chi connectivity index (χ3v) is 2.13. The number of epoxide rings is 1. The Morgan fingerprint density at radius 2 is 2.64 bits per heavy atom. The van der Waals surface area contributed by atoms with Crippen molar-refractivity contribution in [1.29, 1.82) is 0 Å². The molecule has 2 aliphatic rings. The van der Waals surface area contributed by atoms with E-state index in [4.69, 9.17) is 4.74 Å². The van der Waals surface area contributed by atoms with Gasteiger partial charge in [0.1, 0.15) is 6.10 Å². The van der Waals surface area contributed by atoms with E-state index in [2.05, 4.69) is 4.74 Å². The average molecular weight is 154 g/mol. The standard InChI is InChI=1S/C8H10O3/c1-10-8(9)5-3-2-4-6-7(5)11-6/h3,6-7H,2,4H2,1H3. The number of methoxy groups -OCH3 is 1. The number of hydrogen-bond donors (Lipinski definition) is 0. The van der Waals surface area contributed by atoms with Crippen molar-refractivity contribution in [3.05, 3.63) is 11.6 Å². The topological polar surface area (TPSA) is 38.8 Å². The van der Waals surface area contributed by atoms with Gasteiger partial charge < -0.3 is 9.47 Å². The van der Waals surface area contributed by atoms with Crippen molar-refractivity contribution in [2.24, 2.45) is 0 Å². The summed E-state index contributed by atoms with van der Waals surface area (Å²) < 4.78 is 9.84. The number of rotatable bonds is 1. The Morgan fingerprint density at radius 1 is 1.82 bits per heavy atom. The predicted octanol–water partition coefficient (Wildman–Crippen LogP) is 0.647. The predicted molar refractivity (Wildman–Crippen MR) is 38.0 cm³/mol. The molecule has 0 saturated carbocycles. The van der Waals surface area contributed by atoms with Crippen molar-refractivity contribution in [1.82, 2.24) is 0 Å². The van der Waals surface area contributed by atoms with Gasteiger partial charge >= 0.3 is 5.97 Å². The van der Waals surface area contributed by atoms with Crippen LogP contribution in [0.4, 0.5) is 0 Å². The molecule has 1 heterocycles. The molecule has 0 radical (unpaired) electrons. The lowest BCUT2D eigenvalue weighted by atomic mass is 10.00. The van der Waals surface area contributed by atoms with Gasteiger partial charge in [0.05, 0.1) is 18.8 Å². The van der Waals surface area contributed by atoms with Crippen LogP contribution in [0.15, 0.2) is 11.6 Å². The summed E-state index contributed by atoms with van der Waals surface area (Å²) in [6, 6.07) is 0. The second-order valence-electron chi connectivity index (χ2n) is 2.82. The van der Waals surface area contributed by atoms with Gasteiger partial charge in [-0.25, -0.2) is 4.79 Å². The minimum Gasteiger partial charge on any atom is -0.466 e. The first kappa shape index (κ1) is 6.85. The molecule has 0 N–H and O–H groups in total. The maximum atomic E-state index is 11.0. The minimum atomic E-state index is -0.239. The summed E-state index contributed by atoms with van der Waals surface area (Å²) in [5, 5.41) is 0. The summed E-state index contributed by atoms with van der Waals surface area (Å²) in [5.41, 5.74) is 0.712. The largest absolute Gasteiger partial charge is 0.466 e. The van der Waals surface area contributed by atoms with E-state index >= 15 is 0 Å². The summed E-state index contributed by atoms with van der Waals surface area (Å²) in [5.74, 6) is -0.239. The van der Waals surface area contributed by atoms with Gasteiger partial charge in [0.15, 0.2) is 0 Å². The van der Waals surface area contributed by atoms with Gasteiger partial charge in [-0.3, -0.25) is 0 Å². The molecule has 1 aliphatic heterocycles. The van der Waals surface area contributed by atoms with E-state index in [1.165, 1.54) is 7.11 Å². The monoisotopic (exact) mass is 154 g/mol. The zero-order chi connectivity index (χ0) is 7.84. The summed E-state index contributed by atoms with van der Waals surface area (Å²) in [6.07, 6.45) is 4.25. The molecule has 3 nitrogen and oxygen atoms in total. The first-order chi connectivity index (χ1) is 5.33. The smallest absolute Gasteiger partial charge is 0.336 e. The van der Waals surface area contributed by atoms with Gasteiger partial charge in [-0.15, -0.1) is 0 Å². The Bertz CT molecular complexity index is 219.